The van der Waals surface area contributed by atoms with Crippen molar-refractivity contribution in [3.05, 3.63) is 23.8 Å². The number of hydrogen-bond donors (Lipinski definition) is 2. The maximum Gasteiger partial charge on any atom is 0.322 e. The van der Waals surface area contributed by atoms with E-state index in [0.717, 1.165) is 5.56 Å². The second-order valence-electron chi connectivity index (χ2n) is 3.86. The van der Waals surface area contributed by atoms with Gasteiger partial charge in [0.05, 0.1) is 0 Å². The lowest BCUT2D eigenvalue weighted by molar-refractivity contribution is -0.137. The van der Waals surface area contributed by atoms with Gasteiger partial charge in [0.25, 0.3) is 0 Å². The molecule has 0 bridgehead atoms. The van der Waals surface area contributed by atoms with Crippen molar-refractivity contribution in [3.63, 3.8) is 0 Å². The molecule has 0 spiro atoms. The summed E-state index contributed by atoms with van der Waals surface area (Å²) in [5.41, 5.74) is 0.949. The summed E-state index contributed by atoms with van der Waals surface area (Å²) in [7, 11) is 0. The van der Waals surface area contributed by atoms with Crippen LogP contribution in [-0.4, -0.2) is 30.3 Å². The molecule has 6 heteroatoms. The molecule has 0 aliphatic carbocycles. The maximum absolute atomic E-state index is 11.3. The smallest absolute Gasteiger partial charge is 0.322 e. The van der Waals surface area contributed by atoms with Crippen LogP contribution in [0.5, 0.6) is 11.5 Å². The van der Waals surface area contributed by atoms with E-state index in [9.17, 15) is 9.59 Å². The average molecular weight is 251 g/mol. The first kappa shape index (κ1) is 12.2. The second kappa shape index (κ2) is 5.39. The minimum atomic E-state index is -1.05. The number of ether oxygens (including phenoxy) is 2. The fourth-order valence-electron chi connectivity index (χ4n) is 1.62. The van der Waals surface area contributed by atoms with Crippen molar-refractivity contribution in [3.8, 4) is 11.5 Å². The van der Waals surface area contributed by atoms with Gasteiger partial charge in [0.1, 0.15) is 6.54 Å². The van der Waals surface area contributed by atoms with E-state index in [4.69, 9.17) is 14.6 Å². The number of aliphatic carboxylic acids is 1. The zero-order valence-corrected chi connectivity index (χ0v) is 9.64. The van der Waals surface area contributed by atoms with Crippen LogP contribution in [0.25, 0.3) is 0 Å². The van der Waals surface area contributed by atoms with Gasteiger partial charge in [-0.1, -0.05) is 6.07 Å². The summed E-state index contributed by atoms with van der Waals surface area (Å²) in [4.78, 5) is 21.6. The molecule has 0 fully saturated rings. The fraction of sp³-hybridized carbons (Fsp3) is 0.333. The second-order valence-corrected chi connectivity index (χ2v) is 3.86. The standard InChI is InChI=1S/C12H13NO5/c14-11(13-6-12(15)16)4-2-8-1-3-9-10(5-8)18-7-17-9/h1,3,5H,2,4,6-7H2,(H,13,14)(H,15,16). The number of carbonyl (C=O) groups excluding carboxylic acids is 1. The number of carbonyl (C=O) groups is 2. The number of hydrogen-bond acceptors (Lipinski definition) is 4. The van der Waals surface area contributed by atoms with Crippen LogP contribution in [0.4, 0.5) is 0 Å². The number of aryl methyl sites for hydroxylation is 1. The van der Waals surface area contributed by atoms with Gasteiger partial charge in [0.15, 0.2) is 11.5 Å². The van der Waals surface area contributed by atoms with Crippen LogP contribution in [0.1, 0.15) is 12.0 Å². The van der Waals surface area contributed by atoms with Crippen LogP contribution in [0.2, 0.25) is 0 Å². The summed E-state index contributed by atoms with van der Waals surface area (Å²) in [6, 6.07) is 5.48. The van der Waals surface area contributed by atoms with Gasteiger partial charge >= 0.3 is 5.97 Å². The van der Waals surface area contributed by atoms with Gasteiger partial charge in [0, 0.05) is 6.42 Å². The highest BCUT2D eigenvalue weighted by Gasteiger charge is 2.13. The third-order valence-corrected chi connectivity index (χ3v) is 2.51. The Hall–Kier alpha value is -2.24. The molecule has 0 atom stereocenters. The Morgan fingerprint density at radius 2 is 2.06 bits per heavy atom. The molecule has 0 saturated carbocycles. The Morgan fingerprint density at radius 1 is 1.28 bits per heavy atom. The van der Waals surface area contributed by atoms with Crippen molar-refractivity contribution >= 4 is 11.9 Å². The quantitative estimate of drug-likeness (QED) is 0.798. The van der Waals surface area contributed by atoms with Crippen LogP contribution in [-0.2, 0) is 16.0 Å². The Morgan fingerprint density at radius 3 is 2.83 bits per heavy atom. The predicted octanol–water partition coefficient (Wildman–Crippen LogP) is 0.549. The van der Waals surface area contributed by atoms with Crippen molar-refractivity contribution in [2.75, 3.05) is 13.3 Å². The van der Waals surface area contributed by atoms with Gasteiger partial charge in [-0.25, -0.2) is 0 Å². The van der Waals surface area contributed by atoms with E-state index in [1.54, 1.807) is 6.07 Å². The van der Waals surface area contributed by atoms with Crippen LogP contribution < -0.4 is 14.8 Å². The highest BCUT2D eigenvalue weighted by molar-refractivity contribution is 5.81. The van der Waals surface area contributed by atoms with Crippen LogP contribution in [0.3, 0.4) is 0 Å². The zero-order valence-electron chi connectivity index (χ0n) is 9.64. The minimum Gasteiger partial charge on any atom is -0.480 e. The normalized spacial score (nSPS) is 12.2. The number of nitrogens with one attached hydrogen (secondary N) is 1. The molecule has 1 amide bonds. The summed E-state index contributed by atoms with van der Waals surface area (Å²) in [6.07, 6.45) is 0.773. The van der Waals surface area contributed by atoms with E-state index in [0.29, 0.717) is 17.9 Å². The Kier molecular flexibility index (Phi) is 3.66. The fourth-order valence-corrected chi connectivity index (χ4v) is 1.62. The Labute approximate surface area is 104 Å². The summed E-state index contributed by atoms with van der Waals surface area (Å²) in [6.45, 7) is -0.127. The molecule has 2 N–H and O–H groups in total. The summed E-state index contributed by atoms with van der Waals surface area (Å²) < 4.78 is 10.4. The molecular weight excluding hydrogens is 238 g/mol. The average Bonchev–Trinajstić information content (AvgIpc) is 2.81. The van der Waals surface area contributed by atoms with Crippen molar-refractivity contribution in [2.24, 2.45) is 0 Å². The van der Waals surface area contributed by atoms with Crippen molar-refractivity contribution < 1.29 is 24.2 Å². The highest BCUT2D eigenvalue weighted by atomic mass is 16.7. The number of amides is 1. The first-order valence-electron chi connectivity index (χ1n) is 5.52. The molecule has 0 saturated heterocycles. The number of benzene rings is 1. The first-order chi connectivity index (χ1) is 8.65. The first-order valence-corrected chi connectivity index (χ1v) is 5.52. The van der Waals surface area contributed by atoms with Crippen molar-refractivity contribution in [2.45, 2.75) is 12.8 Å². The molecule has 0 aromatic heterocycles. The van der Waals surface area contributed by atoms with Crippen molar-refractivity contribution in [1.29, 1.82) is 0 Å². The zero-order chi connectivity index (χ0) is 13.0. The van der Waals surface area contributed by atoms with E-state index < -0.39 is 5.97 Å². The number of fused-ring (bicyclic) bond motifs is 1. The molecule has 6 nitrogen and oxygen atoms in total. The number of carboxylic acids is 1. The lowest BCUT2D eigenvalue weighted by atomic mass is 10.1. The molecule has 0 radical (unpaired) electrons. The van der Waals surface area contributed by atoms with Gasteiger partial charge in [-0.3, -0.25) is 9.59 Å². The molecule has 0 unspecified atom stereocenters. The SMILES string of the molecule is O=C(O)CNC(=O)CCc1ccc2c(c1)OCO2. The summed E-state index contributed by atoms with van der Waals surface area (Å²) in [5.74, 6) is 0.0500. The highest BCUT2D eigenvalue weighted by Crippen LogP contribution is 2.32. The molecule has 1 aliphatic heterocycles. The van der Waals surface area contributed by atoms with Gasteiger partial charge in [0.2, 0.25) is 12.7 Å². The van der Waals surface area contributed by atoms with Crippen LogP contribution in [0.15, 0.2) is 18.2 Å². The van der Waals surface area contributed by atoms with Gasteiger partial charge in [-0.2, -0.15) is 0 Å². The van der Waals surface area contributed by atoms with E-state index in [-0.39, 0.29) is 25.7 Å². The predicted molar refractivity (Wildman–Crippen MR) is 61.5 cm³/mol. The Bertz CT molecular complexity index is 472. The topological polar surface area (TPSA) is 84.9 Å². The lowest BCUT2D eigenvalue weighted by Crippen LogP contribution is -2.29. The molecule has 1 aromatic rings. The van der Waals surface area contributed by atoms with Crippen LogP contribution >= 0.6 is 0 Å². The largest absolute Gasteiger partial charge is 0.480 e. The lowest BCUT2D eigenvalue weighted by Gasteiger charge is -2.04. The Balaban J connectivity index is 1.83. The van der Waals surface area contributed by atoms with Gasteiger partial charge < -0.3 is 19.9 Å². The minimum absolute atomic E-state index is 0.220. The van der Waals surface area contributed by atoms with Crippen molar-refractivity contribution in [1.82, 2.24) is 5.32 Å². The summed E-state index contributed by atoms with van der Waals surface area (Å²) >= 11 is 0. The monoisotopic (exact) mass is 251 g/mol. The molecule has 2 rings (SSSR count). The maximum atomic E-state index is 11.3. The van der Waals surface area contributed by atoms with E-state index >= 15 is 0 Å². The van der Waals surface area contributed by atoms with E-state index in [1.807, 2.05) is 12.1 Å². The van der Waals surface area contributed by atoms with Crippen LogP contribution in [0, 0.1) is 0 Å². The third-order valence-electron chi connectivity index (χ3n) is 2.51. The molecule has 1 heterocycles. The summed E-state index contributed by atoms with van der Waals surface area (Å²) in [5, 5.41) is 10.7. The van der Waals surface area contributed by atoms with E-state index in [2.05, 4.69) is 5.32 Å². The molecule has 1 aromatic carbocycles. The van der Waals surface area contributed by atoms with E-state index in [1.165, 1.54) is 0 Å². The molecule has 1 aliphatic rings. The van der Waals surface area contributed by atoms with Gasteiger partial charge in [-0.15, -0.1) is 0 Å². The molecule has 18 heavy (non-hydrogen) atoms. The molecular formula is C12H13NO5. The number of carboxylic acid groups (broad SMARTS) is 1. The number of rotatable bonds is 5. The third kappa shape index (κ3) is 3.13. The molecule has 96 valence electrons. The van der Waals surface area contributed by atoms with Gasteiger partial charge in [-0.05, 0) is 24.1 Å².